The molecule has 128 valence electrons. The van der Waals surface area contributed by atoms with Crippen LogP contribution in [0.4, 0.5) is 0 Å². The summed E-state index contributed by atoms with van der Waals surface area (Å²) in [4.78, 5) is 14.5. The quantitative estimate of drug-likeness (QED) is 0.838. The molecule has 3 heterocycles. The van der Waals surface area contributed by atoms with Crippen LogP contribution in [0.15, 0.2) is 24.5 Å². The topological polar surface area (TPSA) is 43.7 Å². The highest BCUT2D eigenvalue weighted by atomic mass is 16.5. The van der Waals surface area contributed by atoms with E-state index in [1.807, 2.05) is 11.8 Å². The van der Waals surface area contributed by atoms with Crippen LogP contribution < -0.4 is 0 Å². The molecule has 0 unspecified atom stereocenters. The number of likely N-dealkylation sites (tertiary alicyclic amines) is 1. The number of rotatable bonds is 5. The summed E-state index contributed by atoms with van der Waals surface area (Å²) in [6, 6.07) is 4.63. The van der Waals surface area contributed by atoms with Gasteiger partial charge >= 0.3 is 0 Å². The van der Waals surface area contributed by atoms with Crippen LogP contribution in [-0.2, 0) is 14.3 Å². The molecular formula is C18H28N2O3. The van der Waals surface area contributed by atoms with Gasteiger partial charge in [-0.2, -0.15) is 0 Å². The SMILES string of the molecule is C[C@H](OC[C@H]1CCCCO1)C(=O)N1CCC(n2cccc2)CC1. The van der Waals surface area contributed by atoms with Gasteiger partial charge in [-0.05, 0) is 51.2 Å². The van der Waals surface area contributed by atoms with Crippen molar-refractivity contribution in [1.82, 2.24) is 9.47 Å². The predicted molar refractivity (Wildman–Crippen MR) is 88.3 cm³/mol. The second kappa shape index (κ2) is 7.97. The Kier molecular flexibility index (Phi) is 5.73. The van der Waals surface area contributed by atoms with E-state index >= 15 is 0 Å². The van der Waals surface area contributed by atoms with E-state index in [1.165, 1.54) is 6.42 Å². The minimum atomic E-state index is -0.372. The van der Waals surface area contributed by atoms with Gasteiger partial charge in [-0.1, -0.05) is 0 Å². The molecule has 0 bridgehead atoms. The Labute approximate surface area is 138 Å². The summed E-state index contributed by atoms with van der Waals surface area (Å²) in [7, 11) is 0. The van der Waals surface area contributed by atoms with Gasteiger partial charge in [0, 0.05) is 38.1 Å². The van der Waals surface area contributed by atoms with Crippen molar-refractivity contribution in [2.24, 2.45) is 0 Å². The molecule has 0 aromatic carbocycles. The van der Waals surface area contributed by atoms with Crippen molar-refractivity contribution in [2.75, 3.05) is 26.3 Å². The molecule has 0 spiro atoms. The smallest absolute Gasteiger partial charge is 0.251 e. The molecule has 2 aliphatic heterocycles. The summed E-state index contributed by atoms with van der Waals surface area (Å²) in [5.41, 5.74) is 0. The van der Waals surface area contributed by atoms with E-state index in [2.05, 4.69) is 29.1 Å². The van der Waals surface area contributed by atoms with Crippen LogP contribution in [0.1, 0.15) is 45.1 Å². The third-order valence-corrected chi connectivity index (χ3v) is 4.98. The highest BCUT2D eigenvalue weighted by Crippen LogP contribution is 2.23. The fourth-order valence-corrected chi connectivity index (χ4v) is 3.49. The average molecular weight is 320 g/mol. The van der Waals surface area contributed by atoms with Crippen LogP contribution in [0, 0.1) is 0 Å². The number of nitrogens with zero attached hydrogens (tertiary/aromatic N) is 2. The van der Waals surface area contributed by atoms with Crippen molar-refractivity contribution < 1.29 is 14.3 Å². The zero-order valence-corrected chi connectivity index (χ0v) is 14.0. The number of aromatic nitrogens is 1. The molecule has 23 heavy (non-hydrogen) atoms. The molecule has 0 saturated carbocycles. The fraction of sp³-hybridized carbons (Fsp3) is 0.722. The van der Waals surface area contributed by atoms with Crippen molar-refractivity contribution in [1.29, 1.82) is 0 Å². The number of hydrogen-bond acceptors (Lipinski definition) is 3. The third kappa shape index (κ3) is 4.36. The van der Waals surface area contributed by atoms with Crippen molar-refractivity contribution >= 4 is 5.91 Å². The van der Waals surface area contributed by atoms with Gasteiger partial charge in [-0.25, -0.2) is 0 Å². The van der Waals surface area contributed by atoms with Crippen LogP contribution >= 0.6 is 0 Å². The summed E-state index contributed by atoms with van der Waals surface area (Å²) >= 11 is 0. The molecule has 1 amide bonds. The highest BCUT2D eigenvalue weighted by molar-refractivity contribution is 5.80. The first-order valence-corrected chi connectivity index (χ1v) is 8.88. The van der Waals surface area contributed by atoms with Gasteiger partial charge in [0.05, 0.1) is 12.7 Å². The number of carbonyl (C=O) groups is 1. The van der Waals surface area contributed by atoms with Gasteiger partial charge in [-0.3, -0.25) is 4.79 Å². The van der Waals surface area contributed by atoms with Crippen LogP contribution in [0.2, 0.25) is 0 Å². The molecule has 2 aliphatic rings. The summed E-state index contributed by atoms with van der Waals surface area (Å²) in [5.74, 6) is 0.117. The normalized spacial score (nSPS) is 24.6. The largest absolute Gasteiger partial charge is 0.376 e. The minimum Gasteiger partial charge on any atom is -0.376 e. The molecular weight excluding hydrogens is 292 g/mol. The maximum absolute atomic E-state index is 12.5. The highest BCUT2D eigenvalue weighted by Gasteiger charge is 2.27. The summed E-state index contributed by atoms with van der Waals surface area (Å²) in [5, 5.41) is 0. The molecule has 5 heteroatoms. The summed E-state index contributed by atoms with van der Waals surface area (Å²) in [6.07, 6.45) is 9.42. The molecule has 2 atom stereocenters. The number of ether oxygens (including phenoxy) is 2. The van der Waals surface area contributed by atoms with Crippen LogP contribution in [0.5, 0.6) is 0 Å². The molecule has 3 rings (SSSR count). The standard InChI is InChI=1S/C18H28N2O3/c1-15(23-14-17-6-2-5-13-22-17)18(21)20-11-7-16(8-12-20)19-9-3-4-10-19/h3-4,9-10,15-17H,2,5-8,11-14H2,1H3/t15-,17+/m0/s1. The Balaban J connectivity index is 1.41. The molecule has 1 aromatic rings. The number of piperidine rings is 1. The lowest BCUT2D eigenvalue weighted by Gasteiger charge is -2.34. The Morgan fingerprint density at radius 3 is 2.61 bits per heavy atom. The Hall–Kier alpha value is -1.33. The lowest BCUT2D eigenvalue weighted by atomic mass is 10.0. The first kappa shape index (κ1) is 16.5. The molecule has 2 fully saturated rings. The monoisotopic (exact) mass is 320 g/mol. The summed E-state index contributed by atoms with van der Waals surface area (Å²) < 4.78 is 13.7. The van der Waals surface area contributed by atoms with E-state index < -0.39 is 0 Å². The van der Waals surface area contributed by atoms with Crippen molar-refractivity contribution in [3.05, 3.63) is 24.5 Å². The van der Waals surface area contributed by atoms with E-state index in [0.717, 1.165) is 45.4 Å². The average Bonchev–Trinajstić information content (AvgIpc) is 3.15. The van der Waals surface area contributed by atoms with Crippen LogP contribution in [0.25, 0.3) is 0 Å². The maximum Gasteiger partial charge on any atom is 0.251 e. The molecule has 0 N–H and O–H groups in total. The second-order valence-electron chi connectivity index (χ2n) is 6.65. The molecule has 0 aliphatic carbocycles. The number of amides is 1. The van der Waals surface area contributed by atoms with E-state index in [9.17, 15) is 4.79 Å². The first-order chi connectivity index (χ1) is 11.2. The van der Waals surface area contributed by atoms with E-state index in [1.54, 1.807) is 0 Å². The van der Waals surface area contributed by atoms with Gasteiger partial charge < -0.3 is 18.9 Å². The van der Waals surface area contributed by atoms with Gasteiger partial charge in [-0.15, -0.1) is 0 Å². The van der Waals surface area contributed by atoms with Crippen molar-refractivity contribution in [3.63, 3.8) is 0 Å². The Bertz CT molecular complexity index is 474. The Morgan fingerprint density at radius 2 is 1.96 bits per heavy atom. The first-order valence-electron chi connectivity index (χ1n) is 8.88. The summed E-state index contributed by atoms with van der Waals surface area (Å²) in [6.45, 7) is 4.85. The van der Waals surface area contributed by atoms with Crippen molar-refractivity contribution in [3.8, 4) is 0 Å². The van der Waals surface area contributed by atoms with Gasteiger partial charge in [0.15, 0.2) is 0 Å². The molecule has 2 saturated heterocycles. The zero-order chi connectivity index (χ0) is 16.1. The second-order valence-corrected chi connectivity index (χ2v) is 6.65. The van der Waals surface area contributed by atoms with Gasteiger partial charge in [0.1, 0.15) is 6.10 Å². The Morgan fingerprint density at radius 1 is 1.22 bits per heavy atom. The number of hydrogen-bond donors (Lipinski definition) is 0. The number of carbonyl (C=O) groups excluding carboxylic acids is 1. The van der Waals surface area contributed by atoms with Gasteiger partial charge in [0.25, 0.3) is 5.91 Å². The van der Waals surface area contributed by atoms with Crippen LogP contribution in [-0.4, -0.2) is 53.9 Å². The lowest BCUT2D eigenvalue weighted by Crippen LogP contribution is -2.44. The van der Waals surface area contributed by atoms with E-state index in [-0.39, 0.29) is 18.1 Å². The maximum atomic E-state index is 12.5. The molecule has 5 nitrogen and oxygen atoms in total. The fourth-order valence-electron chi connectivity index (χ4n) is 3.49. The van der Waals surface area contributed by atoms with E-state index in [0.29, 0.717) is 12.6 Å². The van der Waals surface area contributed by atoms with Gasteiger partial charge in [0.2, 0.25) is 0 Å². The van der Waals surface area contributed by atoms with Crippen LogP contribution in [0.3, 0.4) is 0 Å². The molecule has 0 radical (unpaired) electrons. The van der Waals surface area contributed by atoms with E-state index in [4.69, 9.17) is 9.47 Å². The zero-order valence-electron chi connectivity index (χ0n) is 14.0. The molecule has 1 aromatic heterocycles. The lowest BCUT2D eigenvalue weighted by molar-refractivity contribution is -0.147. The predicted octanol–water partition coefficient (Wildman–Crippen LogP) is 2.63. The minimum absolute atomic E-state index is 0.117. The third-order valence-electron chi connectivity index (χ3n) is 4.98. The van der Waals surface area contributed by atoms with Crippen molar-refractivity contribution in [2.45, 2.75) is 57.3 Å².